The Morgan fingerprint density at radius 2 is 2.44 bits per heavy atom. The summed E-state index contributed by atoms with van der Waals surface area (Å²) in [4.78, 5) is 11.0. The summed E-state index contributed by atoms with van der Waals surface area (Å²) in [6, 6.07) is 0. The molecule has 0 saturated carbocycles. The predicted octanol–water partition coefficient (Wildman–Crippen LogP) is 1.26. The molecule has 0 spiro atoms. The number of ether oxygens (including phenoxy) is 2. The first kappa shape index (κ1) is 13.2. The Hall–Kier alpha value is -0.870. The molecule has 0 aromatic rings. The van der Waals surface area contributed by atoms with Gasteiger partial charge in [-0.05, 0) is 26.7 Å². The summed E-state index contributed by atoms with van der Waals surface area (Å²) in [6.07, 6.45) is 5.45. The Labute approximate surface area is 97.0 Å². The quantitative estimate of drug-likeness (QED) is 0.567. The highest BCUT2D eigenvalue weighted by atomic mass is 16.5. The van der Waals surface area contributed by atoms with Crippen molar-refractivity contribution in [1.82, 2.24) is 5.32 Å². The third kappa shape index (κ3) is 4.77. The lowest BCUT2D eigenvalue weighted by Gasteiger charge is -2.34. The molecule has 1 unspecified atom stereocenters. The second-order valence-electron chi connectivity index (χ2n) is 4.25. The minimum absolute atomic E-state index is 0.0389. The summed E-state index contributed by atoms with van der Waals surface area (Å²) < 4.78 is 10.2. The number of rotatable bonds is 5. The summed E-state index contributed by atoms with van der Waals surface area (Å²) >= 11 is 0. The molecule has 1 aliphatic rings. The number of carbonyl (C=O) groups excluding carboxylic acids is 1. The largest absolute Gasteiger partial charge is 0.463 e. The van der Waals surface area contributed by atoms with Gasteiger partial charge in [0.25, 0.3) is 0 Å². The maximum absolute atomic E-state index is 11.0. The lowest BCUT2D eigenvalue weighted by atomic mass is 9.95. The third-order valence-electron chi connectivity index (χ3n) is 2.63. The average molecular weight is 227 g/mol. The number of hydrogen-bond donors (Lipinski definition) is 1. The van der Waals surface area contributed by atoms with Crippen molar-refractivity contribution >= 4 is 5.97 Å². The Kier molecular flexibility index (Phi) is 5.49. The Morgan fingerprint density at radius 3 is 3.06 bits per heavy atom. The molecule has 0 aromatic heterocycles. The molecule has 0 bridgehead atoms. The van der Waals surface area contributed by atoms with E-state index in [1.54, 1.807) is 13.0 Å². The van der Waals surface area contributed by atoms with Crippen molar-refractivity contribution in [2.24, 2.45) is 0 Å². The van der Waals surface area contributed by atoms with Gasteiger partial charge < -0.3 is 14.8 Å². The first-order chi connectivity index (χ1) is 7.66. The van der Waals surface area contributed by atoms with Crippen LogP contribution < -0.4 is 5.32 Å². The monoisotopic (exact) mass is 227 g/mol. The fraction of sp³-hybridized carbons (Fsp3) is 0.750. The van der Waals surface area contributed by atoms with E-state index in [-0.39, 0.29) is 11.5 Å². The van der Waals surface area contributed by atoms with Crippen molar-refractivity contribution in [1.29, 1.82) is 0 Å². The first-order valence-corrected chi connectivity index (χ1v) is 5.82. The van der Waals surface area contributed by atoms with Crippen LogP contribution in [0.5, 0.6) is 0 Å². The van der Waals surface area contributed by atoms with Gasteiger partial charge >= 0.3 is 5.97 Å². The molecule has 4 heteroatoms. The Balaban J connectivity index is 2.21. The molecular weight excluding hydrogens is 206 g/mol. The summed E-state index contributed by atoms with van der Waals surface area (Å²) in [7, 11) is 0. The van der Waals surface area contributed by atoms with Gasteiger partial charge in [-0.15, -0.1) is 0 Å². The van der Waals surface area contributed by atoms with Gasteiger partial charge in [-0.2, -0.15) is 0 Å². The molecule has 92 valence electrons. The van der Waals surface area contributed by atoms with E-state index >= 15 is 0 Å². The molecule has 1 rings (SSSR count). The van der Waals surface area contributed by atoms with Crippen molar-refractivity contribution < 1.29 is 14.3 Å². The van der Waals surface area contributed by atoms with Crippen LogP contribution in [-0.4, -0.2) is 37.9 Å². The first-order valence-electron chi connectivity index (χ1n) is 5.82. The normalized spacial score (nSPS) is 25.9. The van der Waals surface area contributed by atoms with Gasteiger partial charge in [0.1, 0.15) is 0 Å². The van der Waals surface area contributed by atoms with Crippen molar-refractivity contribution in [3.05, 3.63) is 12.2 Å². The lowest BCUT2D eigenvalue weighted by Crippen LogP contribution is -2.48. The molecule has 1 atom stereocenters. The predicted molar refractivity (Wildman–Crippen MR) is 62.2 cm³/mol. The minimum Gasteiger partial charge on any atom is -0.463 e. The molecule has 0 aromatic carbocycles. The van der Waals surface area contributed by atoms with Gasteiger partial charge in [0.15, 0.2) is 0 Å². The van der Waals surface area contributed by atoms with Crippen LogP contribution in [0.15, 0.2) is 12.2 Å². The fourth-order valence-corrected chi connectivity index (χ4v) is 1.72. The van der Waals surface area contributed by atoms with Crippen LogP contribution in [0.4, 0.5) is 0 Å². The van der Waals surface area contributed by atoms with Crippen molar-refractivity contribution in [3.8, 4) is 0 Å². The zero-order valence-corrected chi connectivity index (χ0v) is 10.1. The van der Waals surface area contributed by atoms with Crippen LogP contribution >= 0.6 is 0 Å². The molecule has 1 N–H and O–H groups in total. The van der Waals surface area contributed by atoms with Crippen molar-refractivity contribution in [3.63, 3.8) is 0 Å². The standard InChI is InChI=1S/C12H21NO3/c1-3-16-11(14)6-4-8-13-12(2)7-5-9-15-10-12/h4,6,13H,3,5,7-10H2,1-2H3/b6-4+. The van der Waals surface area contributed by atoms with Gasteiger partial charge in [-0.1, -0.05) is 6.08 Å². The van der Waals surface area contributed by atoms with Gasteiger partial charge in [0, 0.05) is 24.8 Å². The zero-order chi connectivity index (χ0) is 11.9. The van der Waals surface area contributed by atoms with Gasteiger partial charge in [0.2, 0.25) is 0 Å². The highest BCUT2D eigenvalue weighted by molar-refractivity contribution is 5.81. The SMILES string of the molecule is CCOC(=O)/C=C/CNC1(C)CCCOC1. The maximum Gasteiger partial charge on any atom is 0.330 e. The van der Waals surface area contributed by atoms with Crippen LogP contribution in [0.2, 0.25) is 0 Å². The van der Waals surface area contributed by atoms with E-state index in [2.05, 4.69) is 12.2 Å². The van der Waals surface area contributed by atoms with Crippen molar-refractivity contribution in [2.45, 2.75) is 32.2 Å². The number of carbonyl (C=O) groups is 1. The smallest absolute Gasteiger partial charge is 0.330 e. The van der Waals surface area contributed by atoms with Crippen molar-refractivity contribution in [2.75, 3.05) is 26.4 Å². The molecule has 1 heterocycles. The molecule has 1 saturated heterocycles. The van der Waals surface area contributed by atoms with Crippen LogP contribution in [0.25, 0.3) is 0 Å². The summed E-state index contributed by atoms with van der Waals surface area (Å²) in [5.41, 5.74) is 0.0389. The lowest BCUT2D eigenvalue weighted by molar-refractivity contribution is -0.137. The molecule has 1 aliphatic heterocycles. The number of nitrogens with one attached hydrogen (secondary N) is 1. The van der Waals surface area contributed by atoms with Crippen LogP contribution in [0.3, 0.4) is 0 Å². The Bertz CT molecular complexity index is 245. The molecule has 0 aliphatic carbocycles. The maximum atomic E-state index is 11.0. The molecule has 1 fully saturated rings. The number of esters is 1. The molecule has 0 amide bonds. The van der Waals surface area contributed by atoms with E-state index in [4.69, 9.17) is 9.47 Å². The Morgan fingerprint density at radius 1 is 1.62 bits per heavy atom. The highest BCUT2D eigenvalue weighted by Gasteiger charge is 2.25. The summed E-state index contributed by atoms with van der Waals surface area (Å²) in [6.45, 7) is 6.62. The number of hydrogen-bond acceptors (Lipinski definition) is 4. The van der Waals surface area contributed by atoms with E-state index in [9.17, 15) is 4.79 Å². The van der Waals surface area contributed by atoms with E-state index in [1.165, 1.54) is 6.08 Å². The average Bonchev–Trinajstić information content (AvgIpc) is 2.26. The van der Waals surface area contributed by atoms with Crippen LogP contribution in [0, 0.1) is 0 Å². The highest BCUT2D eigenvalue weighted by Crippen LogP contribution is 2.17. The van der Waals surface area contributed by atoms with Gasteiger partial charge in [-0.25, -0.2) is 4.79 Å². The van der Waals surface area contributed by atoms with E-state index < -0.39 is 0 Å². The van der Waals surface area contributed by atoms with E-state index in [1.807, 2.05) is 0 Å². The topological polar surface area (TPSA) is 47.6 Å². The second kappa shape index (κ2) is 6.66. The molecule has 16 heavy (non-hydrogen) atoms. The van der Waals surface area contributed by atoms with Gasteiger partial charge in [-0.3, -0.25) is 0 Å². The van der Waals surface area contributed by atoms with Crippen LogP contribution in [0.1, 0.15) is 26.7 Å². The summed E-state index contributed by atoms with van der Waals surface area (Å²) in [5.74, 6) is -0.283. The molecule has 0 radical (unpaired) electrons. The van der Waals surface area contributed by atoms with Crippen LogP contribution in [-0.2, 0) is 14.3 Å². The minimum atomic E-state index is -0.283. The summed E-state index contributed by atoms with van der Waals surface area (Å²) in [5, 5.41) is 3.38. The van der Waals surface area contributed by atoms with Gasteiger partial charge in [0.05, 0.1) is 13.2 Å². The third-order valence-corrected chi connectivity index (χ3v) is 2.63. The van der Waals surface area contributed by atoms with E-state index in [0.29, 0.717) is 13.2 Å². The fourth-order valence-electron chi connectivity index (χ4n) is 1.72. The zero-order valence-electron chi connectivity index (χ0n) is 10.1. The molecule has 4 nitrogen and oxygen atoms in total. The second-order valence-corrected chi connectivity index (χ2v) is 4.25. The molecular formula is C12H21NO3. The van der Waals surface area contributed by atoms with E-state index in [0.717, 1.165) is 26.1 Å².